The SMILES string of the molecule is COc1ccc(S(=O)(=O)N2CCN(c3ccccc3)C(C)C2)cc1OC. The first-order chi connectivity index (χ1) is 12.5. The molecule has 26 heavy (non-hydrogen) atoms. The molecule has 2 aromatic carbocycles. The maximum atomic E-state index is 13.1. The Labute approximate surface area is 155 Å². The van der Waals surface area contributed by atoms with Crippen molar-refractivity contribution >= 4 is 15.7 Å². The van der Waals surface area contributed by atoms with E-state index in [-0.39, 0.29) is 10.9 Å². The molecule has 1 atom stereocenters. The van der Waals surface area contributed by atoms with Crippen LogP contribution in [0.1, 0.15) is 6.92 Å². The molecule has 1 saturated heterocycles. The Morgan fingerprint density at radius 3 is 2.27 bits per heavy atom. The summed E-state index contributed by atoms with van der Waals surface area (Å²) in [5.41, 5.74) is 1.11. The van der Waals surface area contributed by atoms with Crippen LogP contribution in [0.5, 0.6) is 11.5 Å². The van der Waals surface area contributed by atoms with Crippen molar-refractivity contribution in [3.63, 3.8) is 0 Å². The highest BCUT2D eigenvalue weighted by Gasteiger charge is 2.32. The van der Waals surface area contributed by atoms with E-state index in [1.54, 1.807) is 16.4 Å². The van der Waals surface area contributed by atoms with Gasteiger partial charge in [0.25, 0.3) is 0 Å². The summed E-state index contributed by atoms with van der Waals surface area (Å²) in [5, 5.41) is 0. The van der Waals surface area contributed by atoms with Crippen LogP contribution < -0.4 is 14.4 Å². The minimum atomic E-state index is -3.59. The van der Waals surface area contributed by atoms with E-state index in [9.17, 15) is 8.42 Å². The number of piperazine rings is 1. The monoisotopic (exact) mass is 376 g/mol. The fraction of sp³-hybridized carbons (Fsp3) is 0.368. The first-order valence-electron chi connectivity index (χ1n) is 8.51. The van der Waals surface area contributed by atoms with Crippen LogP contribution in [0, 0.1) is 0 Å². The zero-order chi connectivity index (χ0) is 18.7. The van der Waals surface area contributed by atoms with Crippen LogP contribution in [0.3, 0.4) is 0 Å². The molecule has 0 N–H and O–H groups in total. The number of hydrogen-bond donors (Lipinski definition) is 0. The molecule has 0 spiro atoms. The van der Waals surface area contributed by atoms with Crippen LogP contribution in [0.15, 0.2) is 53.4 Å². The highest BCUT2D eigenvalue weighted by atomic mass is 32.2. The fourth-order valence-corrected chi connectivity index (χ4v) is 4.80. The molecule has 1 heterocycles. The van der Waals surface area contributed by atoms with E-state index in [1.165, 1.54) is 20.3 Å². The number of anilines is 1. The molecule has 1 unspecified atom stereocenters. The average Bonchev–Trinajstić information content (AvgIpc) is 2.67. The summed E-state index contributed by atoms with van der Waals surface area (Å²) in [6.07, 6.45) is 0. The molecule has 3 rings (SSSR count). The van der Waals surface area contributed by atoms with Crippen molar-refractivity contribution in [1.82, 2.24) is 4.31 Å². The minimum absolute atomic E-state index is 0.0843. The zero-order valence-corrected chi connectivity index (χ0v) is 16.1. The third kappa shape index (κ3) is 3.50. The van der Waals surface area contributed by atoms with Crippen molar-refractivity contribution in [3.05, 3.63) is 48.5 Å². The van der Waals surface area contributed by atoms with Crippen molar-refractivity contribution in [2.24, 2.45) is 0 Å². The summed E-state index contributed by atoms with van der Waals surface area (Å²) in [7, 11) is -0.568. The average molecular weight is 376 g/mol. The lowest BCUT2D eigenvalue weighted by atomic mass is 10.2. The number of sulfonamides is 1. The Morgan fingerprint density at radius 1 is 0.962 bits per heavy atom. The highest BCUT2D eigenvalue weighted by Crippen LogP contribution is 2.31. The normalized spacial score (nSPS) is 18.6. The molecule has 6 nitrogen and oxygen atoms in total. The van der Waals surface area contributed by atoms with Crippen molar-refractivity contribution in [1.29, 1.82) is 0 Å². The summed E-state index contributed by atoms with van der Waals surface area (Å²) in [6.45, 7) is 3.57. The number of hydrogen-bond acceptors (Lipinski definition) is 5. The standard InChI is InChI=1S/C19H24N2O4S/c1-15-14-20(11-12-21(15)16-7-5-4-6-8-16)26(22,23)17-9-10-18(24-2)19(13-17)25-3/h4-10,13,15H,11-12,14H2,1-3H3. The number of rotatable bonds is 5. The second-order valence-corrected chi connectivity index (χ2v) is 8.20. The molecular weight excluding hydrogens is 352 g/mol. The Balaban J connectivity index is 1.81. The van der Waals surface area contributed by atoms with E-state index in [0.717, 1.165) is 5.69 Å². The Hall–Kier alpha value is -2.25. The summed E-state index contributed by atoms with van der Waals surface area (Å²) >= 11 is 0. The van der Waals surface area contributed by atoms with Gasteiger partial charge < -0.3 is 14.4 Å². The number of methoxy groups -OCH3 is 2. The molecule has 140 valence electrons. The molecule has 1 aliphatic heterocycles. The smallest absolute Gasteiger partial charge is 0.243 e. The van der Waals surface area contributed by atoms with Crippen LogP contribution >= 0.6 is 0 Å². The molecule has 0 amide bonds. The van der Waals surface area contributed by atoms with Crippen LogP contribution in [-0.4, -0.2) is 52.6 Å². The van der Waals surface area contributed by atoms with Gasteiger partial charge in [0.2, 0.25) is 10.0 Å². The summed E-state index contributed by atoms with van der Waals surface area (Å²) in [4.78, 5) is 2.45. The van der Waals surface area contributed by atoms with Gasteiger partial charge in [-0.1, -0.05) is 18.2 Å². The van der Waals surface area contributed by atoms with Gasteiger partial charge in [-0.15, -0.1) is 0 Å². The van der Waals surface area contributed by atoms with Gasteiger partial charge in [0.1, 0.15) is 0 Å². The van der Waals surface area contributed by atoms with Gasteiger partial charge in [-0.2, -0.15) is 4.31 Å². The summed E-state index contributed by atoms with van der Waals surface area (Å²) in [6, 6.07) is 14.9. The molecular formula is C19H24N2O4S. The third-order valence-electron chi connectivity index (χ3n) is 4.67. The second-order valence-electron chi connectivity index (χ2n) is 6.26. The summed E-state index contributed by atoms with van der Waals surface area (Å²) in [5.74, 6) is 0.915. The van der Waals surface area contributed by atoms with Gasteiger partial charge in [0.15, 0.2) is 11.5 Å². The Kier molecular flexibility index (Phi) is 5.38. The van der Waals surface area contributed by atoms with E-state index in [1.807, 2.05) is 25.1 Å². The fourth-order valence-electron chi connectivity index (χ4n) is 3.27. The first kappa shape index (κ1) is 18.5. The van der Waals surface area contributed by atoms with Crippen LogP contribution in [0.25, 0.3) is 0 Å². The lowest BCUT2D eigenvalue weighted by molar-refractivity contribution is 0.340. The minimum Gasteiger partial charge on any atom is -0.493 e. The molecule has 7 heteroatoms. The zero-order valence-electron chi connectivity index (χ0n) is 15.3. The van der Waals surface area contributed by atoms with Crippen molar-refractivity contribution in [3.8, 4) is 11.5 Å². The maximum Gasteiger partial charge on any atom is 0.243 e. The molecule has 0 saturated carbocycles. The number of nitrogens with zero attached hydrogens (tertiary/aromatic N) is 2. The molecule has 2 aromatic rings. The number of benzene rings is 2. The largest absolute Gasteiger partial charge is 0.493 e. The van der Waals surface area contributed by atoms with Crippen LogP contribution in [0.4, 0.5) is 5.69 Å². The Bertz CT molecular complexity index is 855. The van der Waals surface area contributed by atoms with Crippen LogP contribution in [-0.2, 0) is 10.0 Å². The van der Waals surface area contributed by atoms with Gasteiger partial charge in [-0.05, 0) is 31.2 Å². The lowest BCUT2D eigenvalue weighted by Crippen LogP contribution is -2.53. The number of ether oxygens (including phenoxy) is 2. The topological polar surface area (TPSA) is 59.1 Å². The molecule has 1 aliphatic rings. The highest BCUT2D eigenvalue weighted by molar-refractivity contribution is 7.89. The van der Waals surface area contributed by atoms with Gasteiger partial charge >= 0.3 is 0 Å². The van der Waals surface area contributed by atoms with Gasteiger partial charge in [-0.25, -0.2) is 8.42 Å². The van der Waals surface area contributed by atoms with E-state index < -0.39 is 10.0 Å². The number of para-hydroxylation sites is 1. The lowest BCUT2D eigenvalue weighted by Gasteiger charge is -2.40. The predicted octanol–water partition coefficient (Wildman–Crippen LogP) is 2.60. The molecule has 0 aromatic heterocycles. The van der Waals surface area contributed by atoms with E-state index >= 15 is 0 Å². The van der Waals surface area contributed by atoms with Gasteiger partial charge in [0, 0.05) is 37.4 Å². The van der Waals surface area contributed by atoms with Gasteiger partial charge in [-0.3, -0.25) is 0 Å². The molecule has 1 fully saturated rings. The van der Waals surface area contributed by atoms with E-state index in [4.69, 9.17) is 9.47 Å². The third-order valence-corrected chi connectivity index (χ3v) is 6.53. The van der Waals surface area contributed by atoms with E-state index in [2.05, 4.69) is 17.0 Å². The van der Waals surface area contributed by atoms with Gasteiger partial charge in [0.05, 0.1) is 19.1 Å². The quantitative estimate of drug-likeness (QED) is 0.803. The Morgan fingerprint density at radius 2 is 1.65 bits per heavy atom. The molecule has 0 bridgehead atoms. The summed E-state index contributed by atoms with van der Waals surface area (Å²) < 4.78 is 38.1. The molecule has 0 radical (unpaired) electrons. The second kappa shape index (κ2) is 7.55. The maximum absolute atomic E-state index is 13.1. The van der Waals surface area contributed by atoms with Crippen molar-refractivity contribution < 1.29 is 17.9 Å². The van der Waals surface area contributed by atoms with Crippen molar-refractivity contribution in [2.75, 3.05) is 38.8 Å². The molecule has 0 aliphatic carbocycles. The van der Waals surface area contributed by atoms with E-state index in [0.29, 0.717) is 31.1 Å². The first-order valence-corrected chi connectivity index (χ1v) is 9.95. The van der Waals surface area contributed by atoms with Crippen LogP contribution in [0.2, 0.25) is 0 Å². The predicted molar refractivity (Wildman–Crippen MR) is 102 cm³/mol. The van der Waals surface area contributed by atoms with Crippen molar-refractivity contribution in [2.45, 2.75) is 17.9 Å².